The second-order valence-corrected chi connectivity index (χ2v) is 19.8. The first-order valence-electron chi connectivity index (χ1n) is 20.9. The highest BCUT2D eigenvalue weighted by Crippen LogP contribution is 2.65. The van der Waals surface area contributed by atoms with E-state index in [0.29, 0.717) is 65.0 Å². The van der Waals surface area contributed by atoms with Crippen LogP contribution in [0.5, 0.6) is 0 Å². The normalized spacial score (nSPS) is 26.2. The number of ether oxygens (including phenoxy) is 4. The van der Waals surface area contributed by atoms with Crippen LogP contribution in [0.4, 0.5) is 0 Å². The first-order valence-corrected chi connectivity index (χ1v) is 24.1. The summed E-state index contributed by atoms with van der Waals surface area (Å²) in [6.45, 7) is 8.82. The van der Waals surface area contributed by atoms with Gasteiger partial charge in [-0.3, -0.25) is 9.13 Å². The third kappa shape index (κ3) is 9.48. The molecule has 58 heavy (non-hydrogen) atoms. The van der Waals surface area contributed by atoms with E-state index < -0.39 is 26.8 Å². The van der Waals surface area contributed by atoms with Crippen molar-refractivity contribution in [2.24, 2.45) is 0 Å². The fourth-order valence-electron chi connectivity index (χ4n) is 8.85. The Morgan fingerprint density at radius 2 is 0.690 bits per heavy atom. The van der Waals surface area contributed by atoms with Gasteiger partial charge in [-0.1, -0.05) is 121 Å². The molecular formula is C46H58O10P2. The number of benzene rings is 4. The van der Waals surface area contributed by atoms with Crippen LogP contribution >= 0.6 is 15.2 Å². The average molecular weight is 833 g/mol. The van der Waals surface area contributed by atoms with Gasteiger partial charge in [0, 0.05) is 25.7 Å². The van der Waals surface area contributed by atoms with Gasteiger partial charge in [0.25, 0.3) is 0 Å². The van der Waals surface area contributed by atoms with Gasteiger partial charge in [-0.2, -0.15) is 0 Å². The summed E-state index contributed by atoms with van der Waals surface area (Å²) in [5.74, 6) is -1.54. The lowest BCUT2D eigenvalue weighted by atomic mass is 9.99. The standard InChI is InChI=1S/2C23H29O5P/c2*1-3-25-29(24,26-4-2)20-15-16-23(17-20)27-21(18-11-7-5-8-12-18)22(28-23)19-13-9-6-10-14-19/h2*5-14,20-22H,3-4,15-17H2,1-2H3/t20-,21+,22+;20-,21-,22-/m10/s1. The van der Waals surface area contributed by atoms with Crippen molar-refractivity contribution in [3.63, 3.8) is 0 Å². The highest BCUT2D eigenvalue weighted by Gasteiger charge is 2.58. The molecule has 4 fully saturated rings. The zero-order chi connectivity index (χ0) is 40.6. The van der Waals surface area contributed by atoms with Crippen molar-refractivity contribution < 1.29 is 46.2 Å². The maximum atomic E-state index is 13.3. The third-order valence-electron chi connectivity index (χ3n) is 11.4. The molecule has 0 radical (unpaired) electrons. The molecule has 0 amide bonds. The molecule has 4 aromatic carbocycles. The van der Waals surface area contributed by atoms with Gasteiger partial charge >= 0.3 is 15.2 Å². The first-order chi connectivity index (χ1) is 28.2. The molecule has 2 saturated heterocycles. The zero-order valence-corrected chi connectivity index (χ0v) is 35.8. The van der Waals surface area contributed by atoms with Crippen molar-refractivity contribution in [3.8, 4) is 0 Å². The largest absolute Gasteiger partial charge is 0.339 e. The molecule has 6 atom stereocenters. The van der Waals surface area contributed by atoms with E-state index in [0.717, 1.165) is 22.3 Å². The van der Waals surface area contributed by atoms with Crippen LogP contribution in [0.3, 0.4) is 0 Å². The van der Waals surface area contributed by atoms with Crippen LogP contribution in [0.2, 0.25) is 0 Å². The maximum Gasteiger partial charge on any atom is 0.333 e. The fourth-order valence-corrected chi connectivity index (χ4v) is 13.2. The summed E-state index contributed by atoms with van der Waals surface area (Å²) in [4.78, 5) is 0. The molecule has 2 aliphatic heterocycles. The highest BCUT2D eigenvalue weighted by molar-refractivity contribution is 7.55. The minimum Gasteiger partial charge on any atom is -0.339 e. The average Bonchev–Trinajstić information content (AvgIpc) is 4.06. The van der Waals surface area contributed by atoms with Gasteiger partial charge < -0.3 is 37.0 Å². The Hall–Kier alpha value is -2.98. The van der Waals surface area contributed by atoms with Gasteiger partial charge in [-0.15, -0.1) is 0 Å². The molecule has 4 aliphatic rings. The molecule has 0 bridgehead atoms. The van der Waals surface area contributed by atoms with E-state index in [9.17, 15) is 9.13 Å². The molecule has 0 N–H and O–H groups in total. The molecular weight excluding hydrogens is 774 g/mol. The minimum atomic E-state index is -3.19. The van der Waals surface area contributed by atoms with Gasteiger partial charge in [-0.25, -0.2) is 0 Å². The summed E-state index contributed by atoms with van der Waals surface area (Å²) in [7, 11) is -6.38. The van der Waals surface area contributed by atoms with Crippen molar-refractivity contribution >= 4 is 15.2 Å². The fraction of sp³-hybridized carbons (Fsp3) is 0.478. The van der Waals surface area contributed by atoms with E-state index >= 15 is 0 Å². The Labute approximate surface area is 343 Å². The van der Waals surface area contributed by atoms with Crippen LogP contribution in [0.25, 0.3) is 0 Å². The van der Waals surface area contributed by atoms with Gasteiger partial charge in [0.1, 0.15) is 24.4 Å². The summed E-state index contributed by atoms with van der Waals surface area (Å²) < 4.78 is 75.4. The molecule has 2 spiro atoms. The summed E-state index contributed by atoms with van der Waals surface area (Å²) >= 11 is 0. The second kappa shape index (κ2) is 19.2. The molecule has 0 unspecified atom stereocenters. The Bertz CT molecular complexity index is 1710. The Balaban J connectivity index is 0.000000177. The zero-order valence-electron chi connectivity index (χ0n) is 34.1. The number of hydrogen-bond donors (Lipinski definition) is 0. The van der Waals surface area contributed by atoms with Crippen molar-refractivity contribution in [2.75, 3.05) is 26.4 Å². The summed E-state index contributed by atoms with van der Waals surface area (Å²) in [5.41, 5.74) is 3.90. The Kier molecular flexibility index (Phi) is 14.2. The Morgan fingerprint density at radius 1 is 0.448 bits per heavy atom. The van der Waals surface area contributed by atoms with Crippen LogP contribution in [0.1, 0.15) is 113 Å². The lowest BCUT2D eigenvalue weighted by Gasteiger charge is -2.26. The maximum absolute atomic E-state index is 13.3. The quantitative estimate of drug-likeness (QED) is 0.114. The van der Waals surface area contributed by atoms with Crippen molar-refractivity contribution in [1.82, 2.24) is 0 Å². The molecule has 10 nitrogen and oxygen atoms in total. The van der Waals surface area contributed by atoms with Crippen molar-refractivity contribution in [1.29, 1.82) is 0 Å². The molecule has 0 aromatic heterocycles. The van der Waals surface area contributed by atoms with Gasteiger partial charge in [0.2, 0.25) is 0 Å². The van der Waals surface area contributed by atoms with E-state index in [1.807, 2.05) is 100 Å². The molecule has 2 saturated carbocycles. The monoisotopic (exact) mass is 832 g/mol. The van der Waals surface area contributed by atoms with Crippen LogP contribution < -0.4 is 0 Å². The van der Waals surface area contributed by atoms with Crippen molar-refractivity contribution in [3.05, 3.63) is 144 Å². The smallest absolute Gasteiger partial charge is 0.333 e. The van der Waals surface area contributed by atoms with E-state index in [1.165, 1.54) is 0 Å². The van der Waals surface area contributed by atoms with E-state index in [2.05, 4.69) is 48.5 Å². The third-order valence-corrected chi connectivity index (χ3v) is 16.5. The Morgan fingerprint density at radius 3 is 0.914 bits per heavy atom. The van der Waals surface area contributed by atoms with E-state index in [1.54, 1.807) is 0 Å². The van der Waals surface area contributed by atoms with Gasteiger partial charge in [-0.05, 0) is 62.8 Å². The predicted octanol–water partition coefficient (Wildman–Crippen LogP) is 12.1. The predicted molar refractivity (Wildman–Crippen MR) is 224 cm³/mol. The second-order valence-electron chi connectivity index (χ2n) is 15.2. The molecule has 312 valence electrons. The number of rotatable bonds is 14. The van der Waals surface area contributed by atoms with Crippen LogP contribution in [0.15, 0.2) is 121 Å². The first kappa shape index (κ1) is 43.1. The van der Waals surface area contributed by atoms with Crippen LogP contribution in [0, 0.1) is 0 Å². The molecule has 2 aliphatic carbocycles. The van der Waals surface area contributed by atoms with E-state index in [4.69, 9.17) is 37.0 Å². The van der Waals surface area contributed by atoms with Crippen molar-refractivity contribution in [2.45, 2.75) is 114 Å². The summed E-state index contributed by atoms with van der Waals surface area (Å²) in [6.07, 6.45) is 2.91. The highest BCUT2D eigenvalue weighted by atomic mass is 31.2. The lowest BCUT2D eigenvalue weighted by molar-refractivity contribution is -0.170. The molecule has 12 heteroatoms. The summed E-state index contributed by atoms with van der Waals surface area (Å²) in [5, 5.41) is 0. The van der Waals surface area contributed by atoms with Gasteiger partial charge in [0.15, 0.2) is 11.6 Å². The molecule has 4 aromatic rings. The molecule has 2 heterocycles. The van der Waals surface area contributed by atoms with Crippen LogP contribution in [-0.4, -0.2) is 49.3 Å². The van der Waals surface area contributed by atoms with Gasteiger partial charge in [0.05, 0.1) is 37.7 Å². The lowest BCUT2D eigenvalue weighted by Crippen LogP contribution is -2.27. The topological polar surface area (TPSA) is 108 Å². The van der Waals surface area contributed by atoms with E-state index in [-0.39, 0.29) is 35.7 Å². The van der Waals surface area contributed by atoms with Crippen LogP contribution in [-0.2, 0) is 46.2 Å². The SMILES string of the molecule is CCOP(=O)(OCC)[C@@H]1CCC2(C1)O[C@@H](c1ccccc1)[C@H](c1ccccc1)O2.CCOP(=O)(OCC)[C@H]1CCC2(C1)O[C@@H](c1ccccc1)[C@H](c1ccccc1)O2. The number of hydrogen-bond acceptors (Lipinski definition) is 10. The summed E-state index contributed by atoms with van der Waals surface area (Å²) in [6, 6.07) is 40.7. The minimum absolute atomic E-state index is 0.212. The molecule has 8 rings (SSSR count).